The number of hydrogen-bond donors (Lipinski definition) is 1. The first-order valence-corrected chi connectivity index (χ1v) is 7.82. The molecule has 0 aliphatic rings. The fourth-order valence-electron chi connectivity index (χ4n) is 2.45. The van der Waals surface area contributed by atoms with Gasteiger partial charge in [-0.15, -0.1) is 0 Å². The number of anilines is 1. The second kappa shape index (κ2) is 7.42. The monoisotopic (exact) mass is 318 g/mol. The SMILES string of the molecule is CCOc1ccccc1NC(=O)/C=C/c1cccc2cccnc12. The summed E-state index contributed by atoms with van der Waals surface area (Å²) >= 11 is 0. The highest BCUT2D eigenvalue weighted by atomic mass is 16.5. The number of amides is 1. The van der Waals surface area contributed by atoms with Gasteiger partial charge in [-0.05, 0) is 31.2 Å². The number of carbonyl (C=O) groups excluding carboxylic acids is 1. The van der Waals surface area contributed by atoms with E-state index in [9.17, 15) is 4.79 Å². The minimum atomic E-state index is -0.213. The van der Waals surface area contributed by atoms with Gasteiger partial charge in [-0.3, -0.25) is 9.78 Å². The van der Waals surface area contributed by atoms with Gasteiger partial charge in [-0.25, -0.2) is 0 Å². The van der Waals surface area contributed by atoms with Crippen LogP contribution in [0, 0.1) is 0 Å². The number of nitrogens with zero attached hydrogens (tertiary/aromatic N) is 1. The summed E-state index contributed by atoms with van der Waals surface area (Å²) in [5.74, 6) is 0.448. The van der Waals surface area contributed by atoms with Crippen LogP contribution in [0.2, 0.25) is 0 Å². The normalized spacial score (nSPS) is 10.9. The standard InChI is InChI=1S/C20H18N2O2/c1-2-24-18-11-4-3-10-17(18)22-19(23)13-12-16-8-5-7-15-9-6-14-21-20(15)16/h3-14H,2H2,1H3,(H,22,23)/b13-12+. The summed E-state index contributed by atoms with van der Waals surface area (Å²) in [6.45, 7) is 2.45. The molecule has 0 radical (unpaired) electrons. The third-order valence-corrected chi connectivity index (χ3v) is 3.52. The maximum Gasteiger partial charge on any atom is 0.248 e. The Bertz CT molecular complexity index is 882. The molecule has 0 atom stereocenters. The topological polar surface area (TPSA) is 51.2 Å². The van der Waals surface area contributed by atoms with Crippen molar-refractivity contribution in [1.29, 1.82) is 0 Å². The molecule has 1 heterocycles. The number of benzene rings is 2. The lowest BCUT2D eigenvalue weighted by molar-refractivity contribution is -0.111. The van der Waals surface area contributed by atoms with Gasteiger partial charge in [-0.2, -0.15) is 0 Å². The van der Waals surface area contributed by atoms with Crippen LogP contribution in [0.15, 0.2) is 66.9 Å². The second-order valence-electron chi connectivity index (χ2n) is 5.17. The number of rotatable bonds is 5. The lowest BCUT2D eigenvalue weighted by Crippen LogP contribution is -2.09. The molecule has 4 heteroatoms. The molecule has 0 bridgehead atoms. The van der Waals surface area contributed by atoms with E-state index in [1.54, 1.807) is 12.3 Å². The van der Waals surface area contributed by atoms with E-state index in [0.29, 0.717) is 18.0 Å². The van der Waals surface area contributed by atoms with Crippen LogP contribution < -0.4 is 10.1 Å². The number of carbonyl (C=O) groups is 1. The van der Waals surface area contributed by atoms with Crippen molar-refractivity contribution in [3.05, 3.63) is 72.4 Å². The minimum Gasteiger partial charge on any atom is -0.492 e. The van der Waals surface area contributed by atoms with Crippen molar-refractivity contribution in [3.63, 3.8) is 0 Å². The maximum absolute atomic E-state index is 12.2. The molecule has 0 aliphatic heterocycles. The zero-order valence-electron chi connectivity index (χ0n) is 13.4. The fraction of sp³-hybridized carbons (Fsp3) is 0.100. The van der Waals surface area contributed by atoms with Gasteiger partial charge in [0.25, 0.3) is 0 Å². The summed E-state index contributed by atoms with van der Waals surface area (Å²) in [6, 6.07) is 17.2. The minimum absolute atomic E-state index is 0.213. The summed E-state index contributed by atoms with van der Waals surface area (Å²) in [5, 5.41) is 3.89. The van der Waals surface area contributed by atoms with Crippen LogP contribution >= 0.6 is 0 Å². The molecule has 4 nitrogen and oxygen atoms in total. The molecule has 3 aromatic rings. The van der Waals surface area contributed by atoms with E-state index in [1.807, 2.05) is 61.5 Å². The molecule has 0 saturated heterocycles. The van der Waals surface area contributed by atoms with Gasteiger partial charge in [0, 0.05) is 23.2 Å². The number of hydrogen-bond acceptors (Lipinski definition) is 3. The summed E-state index contributed by atoms with van der Waals surface area (Å²) < 4.78 is 5.51. The molecule has 1 N–H and O–H groups in total. The molecule has 2 aromatic carbocycles. The molecule has 3 rings (SSSR count). The van der Waals surface area contributed by atoms with Crippen molar-refractivity contribution in [1.82, 2.24) is 4.98 Å². The Hall–Kier alpha value is -3.14. The molecule has 0 fully saturated rings. The highest BCUT2D eigenvalue weighted by Crippen LogP contribution is 2.23. The third kappa shape index (κ3) is 3.60. The Morgan fingerprint density at radius 2 is 1.96 bits per heavy atom. The van der Waals surface area contributed by atoms with Gasteiger partial charge in [-0.1, -0.05) is 36.4 Å². The molecule has 0 spiro atoms. The Kier molecular flexibility index (Phi) is 4.87. The van der Waals surface area contributed by atoms with E-state index >= 15 is 0 Å². The first-order chi connectivity index (χ1) is 11.8. The van der Waals surface area contributed by atoms with Crippen LogP contribution in [0.1, 0.15) is 12.5 Å². The molecule has 0 aliphatic carbocycles. The smallest absolute Gasteiger partial charge is 0.248 e. The average Bonchev–Trinajstić information content (AvgIpc) is 2.62. The van der Waals surface area contributed by atoms with E-state index in [0.717, 1.165) is 16.5 Å². The van der Waals surface area contributed by atoms with Crippen LogP contribution in [0.4, 0.5) is 5.69 Å². The van der Waals surface area contributed by atoms with E-state index in [-0.39, 0.29) is 5.91 Å². The summed E-state index contributed by atoms with van der Waals surface area (Å²) in [4.78, 5) is 16.6. The number of para-hydroxylation sites is 3. The molecule has 120 valence electrons. The first kappa shape index (κ1) is 15.7. The number of aromatic nitrogens is 1. The van der Waals surface area contributed by atoms with Crippen molar-refractivity contribution < 1.29 is 9.53 Å². The zero-order chi connectivity index (χ0) is 16.8. The van der Waals surface area contributed by atoms with Crippen molar-refractivity contribution in [3.8, 4) is 5.75 Å². The molecule has 0 unspecified atom stereocenters. The van der Waals surface area contributed by atoms with Crippen LogP contribution in [0.25, 0.3) is 17.0 Å². The van der Waals surface area contributed by atoms with Gasteiger partial charge in [0.1, 0.15) is 5.75 Å². The number of nitrogens with one attached hydrogen (secondary N) is 1. The number of ether oxygens (including phenoxy) is 1. The lowest BCUT2D eigenvalue weighted by Gasteiger charge is -2.09. The predicted octanol–water partition coefficient (Wildman–Crippen LogP) is 4.29. The van der Waals surface area contributed by atoms with Gasteiger partial charge >= 0.3 is 0 Å². The maximum atomic E-state index is 12.2. The van der Waals surface area contributed by atoms with E-state index < -0.39 is 0 Å². The van der Waals surface area contributed by atoms with Crippen molar-refractivity contribution >= 4 is 28.6 Å². The molecule has 24 heavy (non-hydrogen) atoms. The predicted molar refractivity (Wildman–Crippen MR) is 97.0 cm³/mol. The molecular formula is C20H18N2O2. The van der Waals surface area contributed by atoms with E-state index in [1.165, 1.54) is 6.08 Å². The van der Waals surface area contributed by atoms with Gasteiger partial charge in [0.15, 0.2) is 0 Å². The van der Waals surface area contributed by atoms with E-state index in [2.05, 4.69) is 10.3 Å². The van der Waals surface area contributed by atoms with Crippen molar-refractivity contribution in [2.75, 3.05) is 11.9 Å². The van der Waals surface area contributed by atoms with Crippen molar-refractivity contribution in [2.45, 2.75) is 6.92 Å². The first-order valence-electron chi connectivity index (χ1n) is 7.82. The highest BCUT2D eigenvalue weighted by Gasteiger charge is 2.05. The third-order valence-electron chi connectivity index (χ3n) is 3.52. The van der Waals surface area contributed by atoms with Crippen LogP contribution in [-0.4, -0.2) is 17.5 Å². The van der Waals surface area contributed by atoms with Gasteiger partial charge in [0.05, 0.1) is 17.8 Å². The summed E-state index contributed by atoms with van der Waals surface area (Å²) in [7, 11) is 0. The van der Waals surface area contributed by atoms with Gasteiger partial charge in [0.2, 0.25) is 5.91 Å². The largest absolute Gasteiger partial charge is 0.492 e. The fourth-order valence-corrected chi connectivity index (χ4v) is 2.45. The number of pyridine rings is 1. The average molecular weight is 318 g/mol. The summed E-state index contributed by atoms with van der Waals surface area (Å²) in [5.41, 5.74) is 2.44. The summed E-state index contributed by atoms with van der Waals surface area (Å²) in [6.07, 6.45) is 5.03. The Labute approximate surface area is 140 Å². The lowest BCUT2D eigenvalue weighted by atomic mass is 10.1. The Morgan fingerprint density at radius 3 is 2.83 bits per heavy atom. The van der Waals surface area contributed by atoms with Crippen LogP contribution in [-0.2, 0) is 4.79 Å². The number of fused-ring (bicyclic) bond motifs is 1. The molecule has 1 amide bonds. The second-order valence-corrected chi connectivity index (χ2v) is 5.17. The molecular weight excluding hydrogens is 300 g/mol. The van der Waals surface area contributed by atoms with Crippen LogP contribution in [0.3, 0.4) is 0 Å². The van der Waals surface area contributed by atoms with Gasteiger partial charge < -0.3 is 10.1 Å². The zero-order valence-corrected chi connectivity index (χ0v) is 13.4. The van der Waals surface area contributed by atoms with Crippen LogP contribution in [0.5, 0.6) is 5.75 Å². The molecule has 0 saturated carbocycles. The highest BCUT2D eigenvalue weighted by molar-refractivity contribution is 6.03. The quantitative estimate of drug-likeness (QED) is 0.714. The van der Waals surface area contributed by atoms with E-state index in [4.69, 9.17) is 4.74 Å². The Balaban J connectivity index is 1.78. The Morgan fingerprint density at radius 1 is 1.12 bits per heavy atom. The molecule has 1 aromatic heterocycles. The van der Waals surface area contributed by atoms with Crippen molar-refractivity contribution in [2.24, 2.45) is 0 Å².